The Bertz CT molecular complexity index is 1060. The first-order valence-corrected chi connectivity index (χ1v) is 10.00. The fourth-order valence-electron chi connectivity index (χ4n) is 2.66. The number of thiophene rings is 1. The second-order valence-electron chi connectivity index (χ2n) is 6.30. The first kappa shape index (κ1) is 20.0. The lowest BCUT2D eigenvalue weighted by Crippen LogP contribution is -2.46. The first-order valence-electron chi connectivity index (χ1n) is 8.77. The molecule has 2 aromatic heterocycles. The molecule has 28 heavy (non-hydrogen) atoms. The lowest BCUT2D eigenvalue weighted by Gasteiger charge is -2.12. The Morgan fingerprint density at radius 3 is 2.71 bits per heavy atom. The second kappa shape index (κ2) is 8.94. The van der Waals surface area contributed by atoms with Gasteiger partial charge in [-0.1, -0.05) is 30.3 Å². The van der Waals surface area contributed by atoms with Gasteiger partial charge in [0.1, 0.15) is 4.83 Å². The van der Waals surface area contributed by atoms with Crippen LogP contribution in [0.3, 0.4) is 0 Å². The lowest BCUT2D eigenvalue weighted by molar-refractivity contribution is -0.121. The van der Waals surface area contributed by atoms with E-state index in [0.29, 0.717) is 17.0 Å². The Balaban J connectivity index is 1.48. The number of amides is 1. The molecule has 0 fully saturated rings. The molecule has 3 aromatic rings. The number of rotatable bonds is 5. The molecule has 2 heterocycles. The van der Waals surface area contributed by atoms with E-state index < -0.39 is 0 Å². The summed E-state index contributed by atoms with van der Waals surface area (Å²) in [5.41, 5.74) is 7.12. The van der Waals surface area contributed by atoms with Crippen LogP contribution in [0, 0.1) is 13.8 Å². The summed E-state index contributed by atoms with van der Waals surface area (Å²) >= 11 is 6.64. The van der Waals surface area contributed by atoms with Crippen molar-refractivity contribution in [2.45, 2.75) is 33.4 Å². The lowest BCUT2D eigenvalue weighted by atomic mass is 10.2. The fraction of sp³-hybridized carbons (Fsp3) is 0.263. The highest BCUT2D eigenvalue weighted by Gasteiger charge is 2.12. The van der Waals surface area contributed by atoms with Gasteiger partial charge < -0.3 is 5.32 Å². The van der Waals surface area contributed by atoms with Crippen LogP contribution in [0.5, 0.6) is 0 Å². The van der Waals surface area contributed by atoms with Gasteiger partial charge in [0, 0.05) is 24.4 Å². The summed E-state index contributed by atoms with van der Waals surface area (Å²) in [5, 5.41) is 3.96. The number of fused-ring (bicyclic) bond motifs is 1. The van der Waals surface area contributed by atoms with E-state index in [-0.39, 0.29) is 24.4 Å². The van der Waals surface area contributed by atoms with E-state index in [0.717, 1.165) is 20.8 Å². The smallest absolute Gasteiger partial charge is 0.262 e. The van der Waals surface area contributed by atoms with Crippen molar-refractivity contribution in [1.82, 2.24) is 25.7 Å². The van der Waals surface area contributed by atoms with Gasteiger partial charge in [0.25, 0.3) is 5.56 Å². The van der Waals surface area contributed by atoms with Crippen LogP contribution in [-0.4, -0.2) is 20.6 Å². The number of aryl methyl sites for hydroxylation is 3. The van der Waals surface area contributed by atoms with E-state index in [9.17, 15) is 9.59 Å². The van der Waals surface area contributed by atoms with Crippen molar-refractivity contribution in [2.75, 3.05) is 0 Å². The van der Waals surface area contributed by atoms with Crippen LogP contribution < -0.4 is 21.7 Å². The maximum Gasteiger partial charge on any atom is 0.262 e. The van der Waals surface area contributed by atoms with Crippen molar-refractivity contribution in [3.63, 3.8) is 0 Å². The van der Waals surface area contributed by atoms with Gasteiger partial charge in [0.15, 0.2) is 5.11 Å². The van der Waals surface area contributed by atoms with E-state index >= 15 is 0 Å². The highest BCUT2D eigenvalue weighted by molar-refractivity contribution is 7.80. The summed E-state index contributed by atoms with van der Waals surface area (Å²) in [6.45, 7) is 4.69. The summed E-state index contributed by atoms with van der Waals surface area (Å²) < 4.78 is 1.47. The van der Waals surface area contributed by atoms with Crippen molar-refractivity contribution in [2.24, 2.45) is 0 Å². The molecule has 146 valence electrons. The molecular formula is C19H21N5O2S2. The van der Waals surface area contributed by atoms with E-state index in [4.69, 9.17) is 12.2 Å². The third kappa shape index (κ3) is 4.73. The van der Waals surface area contributed by atoms with Gasteiger partial charge in [0.2, 0.25) is 5.91 Å². The molecule has 0 unspecified atom stereocenters. The Kier molecular flexibility index (Phi) is 6.37. The molecule has 7 nitrogen and oxygen atoms in total. The van der Waals surface area contributed by atoms with Crippen LogP contribution in [0.4, 0.5) is 0 Å². The molecule has 9 heteroatoms. The Labute approximate surface area is 171 Å². The summed E-state index contributed by atoms with van der Waals surface area (Å²) in [6.07, 6.45) is 1.62. The summed E-state index contributed by atoms with van der Waals surface area (Å²) in [6, 6.07) is 9.80. The highest BCUT2D eigenvalue weighted by Crippen LogP contribution is 2.25. The van der Waals surface area contributed by atoms with Crippen LogP contribution in [0.15, 0.2) is 41.5 Å². The summed E-state index contributed by atoms with van der Waals surface area (Å²) in [4.78, 5) is 30.8. The molecule has 1 amide bonds. The molecule has 0 aliphatic carbocycles. The van der Waals surface area contributed by atoms with Crippen LogP contribution in [-0.2, 0) is 17.9 Å². The number of hydrazine groups is 1. The molecular weight excluding hydrogens is 394 g/mol. The van der Waals surface area contributed by atoms with E-state index in [1.54, 1.807) is 0 Å². The third-order valence-corrected chi connectivity index (χ3v) is 5.71. The summed E-state index contributed by atoms with van der Waals surface area (Å²) in [7, 11) is 0. The minimum Gasteiger partial charge on any atom is -0.357 e. The number of carbonyl (C=O) groups is 1. The molecule has 0 radical (unpaired) electrons. The Hall–Kier alpha value is -2.78. The van der Waals surface area contributed by atoms with Gasteiger partial charge in [-0.15, -0.1) is 11.3 Å². The van der Waals surface area contributed by atoms with Gasteiger partial charge in [-0.05, 0) is 37.2 Å². The van der Waals surface area contributed by atoms with Crippen LogP contribution in [0.25, 0.3) is 10.2 Å². The largest absolute Gasteiger partial charge is 0.357 e. The van der Waals surface area contributed by atoms with Crippen molar-refractivity contribution in [3.05, 3.63) is 63.0 Å². The number of nitrogens with one attached hydrogen (secondary N) is 3. The zero-order valence-corrected chi connectivity index (χ0v) is 17.2. The van der Waals surface area contributed by atoms with Gasteiger partial charge >= 0.3 is 0 Å². The number of hydrogen-bond donors (Lipinski definition) is 3. The molecule has 0 spiro atoms. The molecule has 1 aromatic carbocycles. The average molecular weight is 416 g/mol. The summed E-state index contributed by atoms with van der Waals surface area (Å²) in [5.74, 6) is -0.269. The van der Waals surface area contributed by atoms with Gasteiger partial charge in [-0.25, -0.2) is 4.98 Å². The molecule has 0 atom stereocenters. The molecule has 0 saturated carbocycles. The topological polar surface area (TPSA) is 88.1 Å². The van der Waals surface area contributed by atoms with Crippen LogP contribution in [0.1, 0.15) is 22.4 Å². The molecule has 0 bridgehead atoms. The third-order valence-electron chi connectivity index (χ3n) is 4.35. The molecule has 0 aliphatic heterocycles. The monoisotopic (exact) mass is 415 g/mol. The predicted molar refractivity (Wildman–Crippen MR) is 115 cm³/mol. The predicted octanol–water partition coefficient (Wildman–Crippen LogP) is 2.16. The normalized spacial score (nSPS) is 10.6. The zero-order chi connectivity index (χ0) is 20.1. The molecule has 0 aliphatic rings. The molecule has 0 saturated heterocycles. The van der Waals surface area contributed by atoms with E-state index in [1.165, 1.54) is 22.2 Å². The number of aromatic nitrogens is 2. The molecule has 3 N–H and O–H groups in total. The van der Waals surface area contributed by atoms with Gasteiger partial charge in [-0.3, -0.25) is 25.0 Å². The Morgan fingerprint density at radius 2 is 1.96 bits per heavy atom. The second-order valence-corrected chi connectivity index (χ2v) is 7.91. The Morgan fingerprint density at radius 1 is 1.21 bits per heavy atom. The minimum atomic E-state index is -0.269. The zero-order valence-electron chi connectivity index (χ0n) is 15.6. The minimum absolute atomic E-state index is 0.118. The average Bonchev–Trinajstić information content (AvgIpc) is 2.99. The number of thiocarbonyl (C=S) groups is 1. The van der Waals surface area contributed by atoms with E-state index in [2.05, 4.69) is 21.2 Å². The number of benzene rings is 1. The number of carbonyl (C=O) groups excluding carboxylic acids is 1. The maximum atomic E-state index is 12.6. The highest BCUT2D eigenvalue weighted by atomic mass is 32.1. The van der Waals surface area contributed by atoms with Crippen molar-refractivity contribution in [1.29, 1.82) is 0 Å². The standard InChI is InChI=1S/C19H21N5O2S2/c1-12-13(2)28-17-16(12)18(26)24(11-21-17)9-8-15(25)22-23-19(27)20-10-14-6-4-3-5-7-14/h3-7,11H,8-10H2,1-2H3,(H,22,25)(H2,20,23,27). The van der Waals surface area contributed by atoms with Crippen LogP contribution in [0.2, 0.25) is 0 Å². The number of nitrogens with zero attached hydrogens (tertiary/aromatic N) is 2. The van der Waals surface area contributed by atoms with E-state index in [1.807, 2.05) is 44.2 Å². The van der Waals surface area contributed by atoms with Gasteiger partial charge in [-0.2, -0.15) is 0 Å². The van der Waals surface area contributed by atoms with Crippen LogP contribution >= 0.6 is 23.6 Å². The maximum absolute atomic E-state index is 12.6. The number of hydrogen-bond acceptors (Lipinski definition) is 5. The fourth-order valence-corrected chi connectivity index (χ4v) is 3.77. The quantitative estimate of drug-likeness (QED) is 0.437. The first-order chi connectivity index (χ1) is 13.5. The SMILES string of the molecule is Cc1sc2ncn(CCC(=O)NNC(=S)NCc3ccccc3)c(=O)c2c1C. The van der Waals surface area contributed by atoms with Crippen molar-refractivity contribution in [3.8, 4) is 0 Å². The molecule has 3 rings (SSSR count). The van der Waals surface area contributed by atoms with Crippen molar-refractivity contribution < 1.29 is 4.79 Å². The van der Waals surface area contributed by atoms with Gasteiger partial charge in [0.05, 0.1) is 11.7 Å². The van der Waals surface area contributed by atoms with Crippen molar-refractivity contribution >= 4 is 44.8 Å².